The van der Waals surface area contributed by atoms with Crippen LogP contribution in [-0.2, 0) is 0 Å². The summed E-state index contributed by atoms with van der Waals surface area (Å²) in [4.78, 5) is 4.31. The van der Waals surface area contributed by atoms with Crippen LogP contribution < -0.4 is 5.73 Å². The van der Waals surface area contributed by atoms with Gasteiger partial charge in [0.2, 0.25) is 0 Å². The van der Waals surface area contributed by atoms with Crippen LogP contribution in [0, 0.1) is 0 Å². The first-order valence-corrected chi connectivity index (χ1v) is 5.66. The highest BCUT2D eigenvalue weighted by molar-refractivity contribution is 5.58. The van der Waals surface area contributed by atoms with Crippen molar-refractivity contribution in [1.82, 2.24) is 14.8 Å². The van der Waals surface area contributed by atoms with E-state index < -0.39 is 0 Å². The lowest BCUT2D eigenvalue weighted by molar-refractivity contribution is 0.887. The molecule has 88 valence electrons. The predicted octanol–water partition coefficient (Wildman–Crippen LogP) is 2.52. The minimum Gasteiger partial charge on any atom is -0.399 e. The Morgan fingerprint density at radius 3 is 2.33 bits per heavy atom. The second-order valence-corrected chi connectivity index (χ2v) is 3.95. The lowest BCUT2D eigenvalue weighted by Gasteiger charge is -2.06. The molecule has 0 saturated heterocycles. The molecular formula is C14H12N4. The summed E-state index contributed by atoms with van der Waals surface area (Å²) in [5, 5.41) is 4.26. The standard InChI is InChI=1S/C14H12N4/c15-12-6-8-13(9-7-12)18-14(16-10-17-18)11-4-2-1-3-5-11/h1-10H,15H2. The summed E-state index contributed by atoms with van der Waals surface area (Å²) in [6.07, 6.45) is 1.55. The van der Waals surface area contributed by atoms with E-state index in [1.165, 1.54) is 0 Å². The van der Waals surface area contributed by atoms with Gasteiger partial charge in [0.25, 0.3) is 0 Å². The van der Waals surface area contributed by atoms with E-state index in [1.807, 2.05) is 54.6 Å². The van der Waals surface area contributed by atoms with Gasteiger partial charge in [0, 0.05) is 11.3 Å². The lowest BCUT2D eigenvalue weighted by Crippen LogP contribution is -1.99. The number of nitrogens with two attached hydrogens (primary N) is 1. The third kappa shape index (κ3) is 1.84. The maximum atomic E-state index is 5.68. The summed E-state index contributed by atoms with van der Waals surface area (Å²) >= 11 is 0. The minimum absolute atomic E-state index is 0.736. The molecule has 4 heteroatoms. The normalized spacial score (nSPS) is 10.4. The average Bonchev–Trinajstić information content (AvgIpc) is 2.90. The molecule has 0 amide bonds. The van der Waals surface area contributed by atoms with E-state index in [-0.39, 0.29) is 0 Å². The van der Waals surface area contributed by atoms with Gasteiger partial charge in [-0.2, -0.15) is 5.10 Å². The van der Waals surface area contributed by atoms with Gasteiger partial charge in [0.1, 0.15) is 6.33 Å². The van der Waals surface area contributed by atoms with Crippen LogP contribution in [0.3, 0.4) is 0 Å². The Morgan fingerprint density at radius 2 is 1.61 bits per heavy atom. The quantitative estimate of drug-likeness (QED) is 0.695. The molecule has 0 aliphatic rings. The Morgan fingerprint density at radius 1 is 0.889 bits per heavy atom. The molecule has 0 aliphatic heterocycles. The highest BCUT2D eigenvalue weighted by atomic mass is 15.3. The molecule has 0 spiro atoms. The molecule has 3 rings (SSSR count). The third-order valence-electron chi connectivity index (χ3n) is 2.72. The number of anilines is 1. The van der Waals surface area contributed by atoms with E-state index in [0.717, 1.165) is 22.8 Å². The molecule has 1 heterocycles. The van der Waals surface area contributed by atoms with Crippen LogP contribution in [0.1, 0.15) is 0 Å². The van der Waals surface area contributed by atoms with Crippen molar-refractivity contribution in [1.29, 1.82) is 0 Å². The van der Waals surface area contributed by atoms with Gasteiger partial charge in [-0.25, -0.2) is 9.67 Å². The topological polar surface area (TPSA) is 56.7 Å². The smallest absolute Gasteiger partial charge is 0.163 e. The van der Waals surface area contributed by atoms with Crippen molar-refractivity contribution in [2.45, 2.75) is 0 Å². The fourth-order valence-electron chi connectivity index (χ4n) is 1.83. The molecule has 0 fully saturated rings. The number of nitrogens with zero attached hydrogens (tertiary/aromatic N) is 3. The Kier molecular flexibility index (Phi) is 2.53. The second-order valence-electron chi connectivity index (χ2n) is 3.95. The maximum Gasteiger partial charge on any atom is 0.163 e. The lowest BCUT2D eigenvalue weighted by atomic mass is 10.2. The largest absolute Gasteiger partial charge is 0.399 e. The van der Waals surface area contributed by atoms with Crippen molar-refractivity contribution < 1.29 is 0 Å². The summed E-state index contributed by atoms with van der Waals surface area (Å²) in [6, 6.07) is 17.5. The minimum atomic E-state index is 0.736. The zero-order valence-electron chi connectivity index (χ0n) is 9.69. The van der Waals surface area contributed by atoms with Crippen molar-refractivity contribution in [2.75, 3.05) is 5.73 Å². The van der Waals surface area contributed by atoms with Crippen LogP contribution >= 0.6 is 0 Å². The van der Waals surface area contributed by atoms with Crippen LogP contribution in [0.25, 0.3) is 17.1 Å². The average molecular weight is 236 g/mol. The number of nitrogen functional groups attached to an aromatic ring is 1. The molecule has 0 atom stereocenters. The molecule has 0 saturated carbocycles. The van der Waals surface area contributed by atoms with Gasteiger partial charge in [-0.05, 0) is 24.3 Å². The molecule has 2 N–H and O–H groups in total. The van der Waals surface area contributed by atoms with Crippen molar-refractivity contribution in [2.24, 2.45) is 0 Å². The van der Waals surface area contributed by atoms with E-state index >= 15 is 0 Å². The van der Waals surface area contributed by atoms with Crippen molar-refractivity contribution in [3.63, 3.8) is 0 Å². The van der Waals surface area contributed by atoms with E-state index in [4.69, 9.17) is 5.73 Å². The van der Waals surface area contributed by atoms with Gasteiger partial charge in [-0.15, -0.1) is 0 Å². The van der Waals surface area contributed by atoms with Crippen LogP contribution in [0.4, 0.5) is 5.69 Å². The summed E-state index contributed by atoms with van der Waals surface area (Å²) in [7, 11) is 0. The zero-order valence-corrected chi connectivity index (χ0v) is 9.69. The van der Waals surface area contributed by atoms with E-state index in [1.54, 1.807) is 11.0 Å². The summed E-state index contributed by atoms with van der Waals surface area (Å²) in [6.45, 7) is 0. The van der Waals surface area contributed by atoms with Crippen LogP contribution in [0.5, 0.6) is 0 Å². The number of hydrogen-bond donors (Lipinski definition) is 1. The van der Waals surface area contributed by atoms with Gasteiger partial charge < -0.3 is 5.73 Å². The van der Waals surface area contributed by atoms with Crippen LogP contribution in [-0.4, -0.2) is 14.8 Å². The molecule has 3 aromatic rings. The fraction of sp³-hybridized carbons (Fsp3) is 0. The van der Waals surface area contributed by atoms with Crippen molar-refractivity contribution >= 4 is 5.69 Å². The molecule has 18 heavy (non-hydrogen) atoms. The molecule has 0 bridgehead atoms. The van der Waals surface area contributed by atoms with Gasteiger partial charge in [0.05, 0.1) is 5.69 Å². The Labute approximate surface area is 105 Å². The van der Waals surface area contributed by atoms with Gasteiger partial charge in [-0.1, -0.05) is 30.3 Å². The number of hydrogen-bond acceptors (Lipinski definition) is 3. The molecular weight excluding hydrogens is 224 g/mol. The van der Waals surface area contributed by atoms with E-state index in [2.05, 4.69) is 10.1 Å². The molecule has 0 aliphatic carbocycles. The SMILES string of the molecule is Nc1ccc(-n2ncnc2-c2ccccc2)cc1. The van der Waals surface area contributed by atoms with Gasteiger partial charge in [-0.3, -0.25) is 0 Å². The summed E-state index contributed by atoms with van der Waals surface area (Å²) < 4.78 is 1.80. The summed E-state index contributed by atoms with van der Waals surface area (Å²) in [5.41, 5.74) is 8.40. The van der Waals surface area contributed by atoms with Crippen molar-refractivity contribution in [3.8, 4) is 17.1 Å². The molecule has 1 aromatic heterocycles. The molecule has 2 aromatic carbocycles. The van der Waals surface area contributed by atoms with E-state index in [9.17, 15) is 0 Å². The fourth-order valence-corrected chi connectivity index (χ4v) is 1.83. The van der Waals surface area contributed by atoms with Crippen molar-refractivity contribution in [3.05, 3.63) is 60.9 Å². The zero-order chi connectivity index (χ0) is 12.4. The molecule has 4 nitrogen and oxygen atoms in total. The van der Waals surface area contributed by atoms with E-state index in [0.29, 0.717) is 0 Å². The first-order chi connectivity index (χ1) is 8.84. The third-order valence-corrected chi connectivity index (χ3v) is 2.72. The molecule has 0 unspecified atom stereocenters. The Balaban J connectivity index is 2.10. The first-order valence-electron chi connectivity index (χ1n) is 5.66. The number of benzene rings is 2. The second kappa shape index (κ2) is 4.33. The maximum absolute atomic E-state index is 5.68. The predicted molar refractivity (Wildman–Crippen MR) is 71.2 cm³/mol. The Bertz CT molecular complexity index is 641. The highest BCUT2D eigenvalue weighted by Gasteiger charge is 2.08. The van der Waals surface area contributed by atoms with Gasteiger partial charge in [0.15, 0.2) is 5.82 Å². The number of rotatable bonds is 2. The first kappa shape index (κ1) is 10.5. The van der Waals surface area contributed by atoms with Crippen LogP contribution in [0.15, 0.2) is 60.9 Å². The Hall–Kier alpha value is -2.62. The highest BCUT2D eigenvalue weighted by Crippen LogP contribution is 2.20. The van der Waals surface area contributed by atoms with Gasteiger partial charge >= 0.3 is 0 Å². The summed E-state index contributed by atoms with van der Waals surface area (Å²) in [5.74, 6) is 0.820. The molecule has 0 radical (unpaired) electrons. The van der Waals surface area contributed by atoms with Crippen LogP contribution in [0.2, 0.25) is 0 Å². The monoisotopic (exact) mass is 236 g/mol. The number of aromatic nitrogens is 3.